The molecular formula is C19H23N3O2. The van der Waals surface area contributed by atoms with Gasteiger partial charge in [-0.1, -0.05) is 18.2 Å². The molecule has 0 bridgehead atoms. The average molecular weight is 325 g/mol. The van der Waals surface area contributed by atoms with E-state index in [0.29, 0.717) is 18.8 Å². The largest absolute Gasteiger partial charge is 0.493 e. The molecule has 0 aliphatic carbocycles. The van der Waals surface area contributed by atoms with Crippen LogP contribution in [0.4, 0.5) is 11.5 Å². The molecule has 1 aromatic heterocycles. The highest BCUT2D eigenvalue weighted by Crippen LogP contribution is 2.20. The van der Waals surface area contributed by atoms with Gasteiger partial charge in [0, 0.05) is 13.1 Å². The zero-order valence-electron chi connectivity index (χ0n) is 13.8. The fourth-order valence-electron chi connectivity index (χ4n) is 2.78. The predicted octanol–water partition coefficient (Wildman–Crippen LogP) is 3.48. The van der Waals surface area contributed by atoms with Crippen molar-refractivity contribution >= 4 is 17.4 Å². The molecule has 0 radical (unpaired) electrons. The van der Waals surface area contributed by atoms with Crippen LogP contribution in [0.2, 0.25) is 0 Å². The van der Waals surface area contributed by atoms with Gasteiger partial charge in [0.25, 0.3) is 0 Å². The van der Waals surface area contributed by atoms with Gasteiger partial charge in [-0.2, -0.15) is 0 Å². The molecule has 0 atom stereocenters. The minimum Gasteiger partial charge on any atom is -0.493 e. The smallest absolute Gasteiger partial charge is 0.228 e. The number of hydrogen-bond donors (Lipinski definition) is 1. The number of hydrogen-bond acceptors (Lipinski definition) is 4. The summed E-state index contributed by atoms with van der Waals surface area (Å²) < 4.78 is 5.52. The first-order valence-electron chi connectivity index (χ1n) is 8.50. The molecule has 1 amide bonds. The number of piperidine rings is 1. The number of para-hydroxylation sites is 1. The van der Waals surface area contributed by atoms with Gasteiger partial charge in [-0.05, 0) is 43.5 Å². The van der Waals surface area contributed by atoms with Gasteiger partial charge in [-0.25, -0.2) is 4.98 Å². The van der Waals surface area contributed by atoms with Crippen LogP contribution in [0.5, 0.6) is 5.75 Å². The number of carbonyl (C=O) groups excluding carboxylic acids is 1. The van der Waals surface area contributed by atoms with E-state index >= 15 is 0 Å². The number of amides is 1. The van der Waals surface area contributed by atoms with Gasteiger partial charge in [-0.15, -0.1) is 0 Å². The topological polar surface area (TPSA) is 54.5 Å². The number of aromatic nitrogens is 1. The lowest BCUT2D eigenvalue weighted by atomic mass is 10.1. The lowest BCUT2D eigenvalue weighted by Gasteiger charge is -2.28. The minimum absolute atomic E-state index is 0.0934. The van der Waals surface area contributed by atoms with Crippen LogP contribution >= 0.6 is 0 Å². The molecule has 2 heterocycles. The zero-order valence-corrected chi connectivity index (χ0v) is 13.8. The third-order valence-electron chi connectivity index (χ3n) is 4.08. The van der Waals surface area contributed by atoms with Crippen LogP contribution in [-0.4, -0.2) is 30.6 Å². The molecule has 3 rings (SSSR count). The van der Waals surface area contributed by atoms with E-state index in [1.165, 1.54) is 19.3 Å². The Morgan fingerprint density at radius 1 is 1.08 bits per heavy atom. The Hall–Kier alpha value is -2.56. The quantitative estimate of drug-likeness (QED) is 0.883. The van der Waals surface area contributed by atoms with E-state index in [1.807, 2.05) is 48.7 Å². The van der Waals surface area contributed by atoms with Crippen molar-refractivity contribution in [2.75, 3.05) is 29.9 Å². The van der Waals surface area contributed by atoms with Crippen molar-refractivity contribution < 1.29 is 9.53 Å². The second-order valence-electron chi connectivity index (χ2n) is 5.91. The number of anilines is 2. The van der Waals surface area contributed by atoms with Gasteiger partial charge in [0.1, 0.15) is 11.6 Å². The molecule has 1 N–H and O–H groups in total. The maximum atomic E-state index is 11.9. The molecule has 126 valence electrons. The highest BCUT2D eigenvalue weighted by molar-refractivity contribution is 5.89. The number of nitrogens with one attached hydrogen (secondary N) is 1. The van der Waals surface area contributed by atoms with E-state index in [4.69, 9.17) is 4.74 Å². The molecule has 5 nitrogen and oxygen atoms in total. The Kier molecular flexibility index (Phi) is 5.66. The molecule has 24 heavy (non-hydrogen) atoms. The SMILES string of the molecule is O=C(CCOc1ccccc1)Nc1ccc(N2CCCCC2)cn1. The molecule has 1 aliphatic rings. The monoisotopic (exact) mass is 325 g/mol. The van der Waals surface area contributed by atoms with Gasteiger partial charge in [0.05, 0.1) is 24.9 Å². The van der Waals surface area contributed by atoms with Crippen LogP contribution in [0.25, 0.3) is 0 Å². The van der Waals surface area contributed by atoms with Crippen molar-refractivity contribution in [2.24, 2.45) is 0 Å². The molecule has 2 aromatic rings. The van der Waals surface area contributed by atoms with Crippen LogP contribution in [0.15, 0.2) is 48.7 Å². The molecule has 1 aromatic carbocycles. The maximum Gasteiger partial charge on any atom is 0.228 e. The third kappa shape index (κ3) is 4.72. The Balaban J connectivity index is 1.44. The molecule has 5 heteroatoms. The molecule has 1 aliphatic heterocycles. The summed E-state index contributed by atoms with van der Waals surface area (Å²) in [4.78, 5) is 18.6. The first kappa shape index (κ1) is 16.3. The van der Waals surface area contributed by atoms with E-state index < -0.39 is 0 Å². The van der Waals surface area contributed by atoms with Crippen molar-refractivity contribution in [1.82, 2.24) is 4.98 Å². The second kappa shape index (κ2) is 8.34. The summed E-state index contributed by atoms with van der Waals surface area (Å²) in [5, 5.41) is 2.81. The minimum atomic E-state index is -0.0934. The predicted molar refractivity (Wildman–Crippen MR) is 95.5 cm³/mol. The van der Waals surface area contributed by atoms with Gasteiger partial charge < -0.3 is 15.0 Å². The molecule has 0 spiro atoms. The van der Waals surface area contributed by atoms with Gasteiger partial charge >= 0.3 is 0 Å². The first-order valence-corrected chi connectivity index (χ1v) is 8.50. The number of carbonyl (C=O) groups is 1. The van der Waals surface area contributed by atoms with Crippen LogP contribution in [0.1, 0.15) is 25.7 Å². The van der Waals surface area contributed by atoms with Crippen molar-refractivity contribution in [3.05, 3.63) is 48.7 Å². The summed E-state index contributed by atoms with van der Waals surface area (Å²) in [7, 11) is 0. The molecular weight excluding hydrogens is 302 g/mol. The summed E-state index contributed by atoms with van der Waals surface area (Å²) >= 11 is 0. The number of pyridine rings is 1. The summed E-state index contributed by atoms with van der Waals surface area (Å²) in [6.07, 6.45) is 5.91. The van der Waals surface area contributed by atoms with Gasteiger partial charge in [-0.3, -0.25) is 4.79 Å². The van der Waals surface area contributed by atoms with E-state index in [9.17, 15) is 4.79 Å². The number of ether oxygens (including phenoxy) is 1. The van der Waals surface area contributed by atoms with Crippen LogP contribution < -0.4 is 15.0 Å². The average Bonchev–Trinajstić information content (AvgIpc) is 2.64. The lowest BCUT2D eigenvalue weighted by Crippen LogP contribution is -2.29. The summed E-state index contributed by atoms with van der Waals surface area (Å²) in [6, 6.07) is 13.4. The van der Waals surface area contributed by atoms with Crippen LogP contribution in [0.3, 0.4) is 0 Å². The highest BCUT2D eigenvalue weighted by Gasteiger charge is 2.11. The zero-order chi connectivity index (χ0) is 16.6. The molecule has 0 unspecified atom stereocenters. The number of rotatable bonds is 6. The fourth-order valence-corrected chi connectivity index (χ4v) is 2.78. The molecule has 1 saturated heterocycles. The standard InChI is InChI=1S/C19H23N3O2/c23-19(11-14-24-17-7-3-1-4-8-17)21-18-10-9-16(15-20-18)22-12-5-2-6-13-22/h1,3-4,7-10,15H,2,5-6,11-14H2,(H,20,21,23). The Bertz CT molecular complexity index is 637. The van der Waals surface area contributed by atoms with Gasteiger partial charge in [0.2, 0.25) is 5.91 Å². The summed E-state index contributed by atoms with van der Waals surface area (Å²) in [6.45, 7) is 2.52. The van der Waals surface area contributed by atoms with Crippen LogP contribution in [0, 0.1) is 0 Å². The van der Waals surface area contributed by atoms with E-state index in [2.05, 4.69) is 15.2 Å². The van der Waals surface area contributed by atoms with E-state index in [1.54, 1.807) is 0 Å². The fraction of sp³-hybridized carbons (Fsp3) is 0.368. The maximum absolute atomic E-state index is 11.9. The number of benzene rings is 1. The molecule has 1 fully saturated rings. The Morgan fingerprint density at radius 3 is 2.58 bits per heavy atom. The second-order valence-corrected chi connectivity index (χ2v) is 5.91. The number of nitrogens with zero attached hydrogens (tertiary/aromatic N) is 2. The lowest BCUT2D eigenvalue weighted by molar-refractivity contribution is -0.116. The first-order chi connectivity index (χ1) is 11.8. The normalized spacial score (nSPS) is 14.2. The van der Waals surface area contributed by atoms with E-state index in [-0.39, 0.29) is 5.91 Å². The summed E-state index contributed by atoms with van der Waals surface area (Å²) in [5.74, 6) is 1.26. The Morgan fingerprint density at radius 2 is 1.88 bits per heavy atom. The van der Waals surface area contributed by atoms with E-state index in [0.717, 1.165) is 24.5 Å². The van der Waals surface area contributed by atoms with Crippen molar-refractivity contribution in [1.29, 1.82) is 0 Å². The molecule has 0 saturated carbocycles. The highest BCUT2D eigenvalue weighted by atomic mass is 16.5. The third-order valence-corrected chi connectivity index (χ3v) is 4.08. The van der Waals surface area contributed by atoms with Gasteiger partial charge in [0.15, 0.2) is 0 Å². The van der Waals surface area contributed by atoms with Crippen molar-refractivity contribution in [3.63, 3.8) is 0 Å². The van der Waals surface area contributed by atoms with Crippen LogP contribution in [-0.2, 0) is 4.79 Å². The summed E-state index contributed by atoms with van der Waals surface area (Å²) in [5.41, 5.74) is 1.13. The van der Waals surface area contributed by atoms with Crippen molar-refractivity contribution in [3.8, 4) is 5.75 Å². The van der Waals surface area contributed by atoms with Crippen molar-refractivity contribution in [2.45, 2.75) is 25.7 Å². The Labute approximate surface area is 142 Å².